The summed E-state index contributed by atoms with van der Waals surface area (Å²) in [4.78, 5) is 59.3. The van der Waals surface area contributed by atoms with Gasteiger partial charge in [-0.3, -0.25) is 9.59 Å². The molecule has 1 fully saturated rings. The molecule has 0 saturated carbocycles. The van der Waals surface area contributed by atoms with Crippen molar-refractivity contribution in [2.45, 2.75) is 18.5 Å². The average molecular weight is 502 g/mol. The summed E-state index contributed by atoms with van der Waals surface area (Å²) in [6, 6.07) is 1.87. The number of ether oxygens (including phenoxy) is 2. The molecule has 1 unspecified atom stereocenters. The van der Waals surface area contributed by atoms with Crippen molar-refractivity contribution in [3.05, 3.63) is 51.4 Å². The molecular weight excluding hydrogens is 486 g/mol. The molecule has 5 rings (SSSR count). The number of thiazole rings is 2. The first-order valence-electron chi connectivity index (χ1n) is 9.80. The number of carbonyl (C=O) groups excluding carboxylic acids is 3. The number of carboxylic acid groups (broad SMARTS) is 1. The zero-order chi connectivity index (χ0) is 23.8. The second-order valence-corrected chi connectivity index (χ2v) is 8.81. The Bertz CT molecular complexity index is 1290. The number of aromatic carboxylic acids is 1. The minimum absolute atomic E-state index is 0.0283. The van der Waals surface area contributed by atoms with Gasteiger partial charge in [0.1, 0.15) is 12.1 Å². The quantitative estimate of drug-likeness (QED) is 0.411. The van der Waals surface area contributed by atoms with Gasteiger partial charge in [-0.15, -0.1) is 22.7 Å². The van der Waals surface area contributed by atoms with Gasteiger partial charge in [-0.2, -0.15) is 0 Å². The number of carbonyl (C=O) groups is 4. The van der Waals surface area contributed by atoms with E-state index in [9.17, 15) is 19.2 Å². The van der Waals surface area contributed by atoms with Crippen LogP contribution in [0.25, 0.3) is 0 Å². The van der Waals surface area contributed by atoms with Crippen molar-refractivity contribution in [1.82, 2.24) is 20.2 Å². The Labute approximate surface area is 199 Å². The fourth-order valence-corrected chi connectivity index (χ4v) is 4.82. The third-order valence-corrected chi connectivity index (χ3v) is 6.55. The van der Waals surface area contributed by atoms with Crippen molar-refractivity contribution >= 4 is 51.6 Å². The lowest BCUT2D eigenvalue weighted by Crippen LogP contribution is -2.49. The smallest absolute Gasteiger partial charge is 0.355 e. The fourth-order valence-electron chi connectivity index (χ4n) is 3.56. The Kier molecular flexibility index (Phi) is 5.59. The van der Waals surface area contributed by atoms with Gasteiger partial charge >= 0.3 is 12.0 Å². The number of benzene rings is 1. The lowest BCUT2D eigenvalue weighted by molar-refractivity contribution is -0.134. The van der Waals surface area contributed by atoms with Crippen LogP contribution < -0.4 is 20.1 Å². The summed E-state index contributed by atoms with van der Waals surface area (Å²) in [5, 5.41) is 17.2. The number of rotatable bonds is 7. The maximum Gasteiger partial charge on any atom is 0.355 e. The second-order valence-electron chi connectivity index (χ2n) is 7.24. The van der Waals surface area contributed by atoms with E-state index in [-0.39, 0.29) is 24.0 Å². The molecule has 0 radical (unpaired) electrons. The van der Waals surface area contributed by atoms with Gasteiger partial charge in [0, 0.05) is 17.2 Å². The Balaban J connectivity index is 1.41. The Morgan fingerprint density at radius 2 is 2.09 bits per heavy atom. The molecule has 14 heteroatoms. The van der Waals surface area contributed by atoms with E-state index < -0.39 is 35.9 Å². The van der Waals surface area contributed by atoms with E-state index in [1.165, 1.54) is 16.7 Å². The topological polar surface area (TPSA) is 160 Å². The number of urea groups is 1. The van der Waals surface area contributed by atoms with Crippen LogP contribution in [0.15, 0.2) is 34.5 Å². The van der Waals surface area contributed by atoms with E-state index in [0.717, 1.165) is 16.2 Å². The average Bonchev–Trinajstić information content (AvgIpc) is 3.60. The van der Waals surface area contributed by atoms with Crippen LogP contribution in [0, 0.1) is 0 Å². The summed E-state index contributed by atoms with van der Waals surface area (Å²) in [7, 11) is 0. The lowest BCUT2D eigenvalue weighted by Gasteiger charge is -2.23. The van der Waals surface area contributed by atoms with Gasteiger partial charge in [0.15, 0.2) is 22.3 Å². The number of imide groups is 1. The third kappa shape index (κ3) is 4.04. The molecule has 34 heavy (non-hydrogen) atoms. The SMILES string of the molecule is O=C(O)c1csc(NC(=O)[C@H](Cc2cscn2)N2C(=O)NC(c3ccc4c(c3)OCO4)C2=O)n1. The summed E-state index contributed by atoms with van der Waals surface area (Å²) < 4.78 is 10.6. The van der Waals surface area contributed by atoms with Crippen LogP contribution in [0.5, 0.6) is 11.5 Å². The van der Waals surface area contributed by atoms with Crippen LogP contribution in [-0.2, 0) is 16.0 Å². The standard InChI is InChI=1S/C20H15N5O7S2/c26-16(24-19-22-11(6-34-19)18(28)29)12(4-10-5-33-7-21-10)25-17(27)15(23-20(25)30)9-1-2-13-14(3-9)32-8-31-13/h1-3,5-7,12,15H,4,8H2,(H,23,30)(H,28,29)(H,22,24,26)/t12-,15?/m0/s1. The zero-order valence-corrected chi connectivity index (χ0v) is 18.7. The molecule has 3 N–H and O–H groups in total. The highest BCUT2D eigenvalue weighted by Gasteiger charge is 2.46. The number of fused-ring (bicyclic) bond motifs is 1. The summed E-state index contributed by atoms with van der Waals surface area (Å²) in [6.07, 6.45) is -0.0283. The highest BCUT2D eigenvalue weighted by atomic mass is 32.1. The fraction of sp³-hybridized carbons (Fsp3) is 0.200. The maximum absolute atomic E-state index is 13.3. The molecule has 3 aromatic rings. The van der Waals surface area contributed by atoms with Gasteiger partial charge in [0.2, 0.25) is 12.7 Å². The number of anilines is 1. The Morgan fingerprint density at radius 1 is 1.26 bits per heavy atom. The molecule has 2 atom stereocenters. The third-order valence-electron chi connectivity index (χ3n) is 5.15. The van der Waals surface area contributed by atoms with Crippen LogP contribution >= 0.6 is 22.7 Å². The van der Waals surface area contributed by atoms with Crippen molar-refractivity contribution in [2.75, 3.05) is 12.1 Å². The molecule has 2 aliphatic rings. The zero-order valence-electron chi connectivity index (χ0n) is 17.1. The summed E-state index contributed by atoms with van der Waals surface area (Å²) in [5.41, 5.74) is 2.34. The number of carboxylic acids is 1. The molecular formula is C20H15N5O7S2. The van der Waals surface area contributed by atoms with Gasteiger partial charge in [-0.05, 0) is 17.7 Å². The van der Waals surface area contributed by atoms with E-state index in [2.05, 4.69) is 20.6 Å². The van der Waals surface area contributed by atoms with Crippen molar-refractivity contribution in [1.29, 1.82) is 0 Å². The summed E-state index contributed by atoms with van der Waals surface area (Å²) in [5.74, 6) is -1.58. The molecule has 2 aromatic heterocycles. The molecule has 1 aromatic carbocycles. The summed E-state index contributed by atoms with van der Waals surface area (Å²) in [6.45, 7) is 0.0616. The molecule has 1 saturated heterocycles. The predicted molar refractivity (Wildman–Crippen MR) is 118 cm³/mol. The van der Waals surface area contributed by atoms with Crippen molar-refractivity contribution in [3.63, 3.8) is 0 Å². The van der Waals surface area contributed by atoms with Crippen LogP contribution in [0.3, 0.4) is 0 Å². The Hall–Kier alpha value is -4.04. The summed E-state index contributed by atoms with van der Waals surface area (Å²) >= 11 is 2.23. The van der Waals surface area contributed by atoms with Crippen LogP contribution in [0.4, 0.5) is 9.93 Å². The van der Waals surface area contributed by atoms with Gasteiger partial charge in [-0.1, -0.05) is 6.07 Å². The molecule has 12 nitrogen and oxygen atoms in total. The van der Waals surface area contributed by atoms with E-state index in [1.54, 1.807) is 29.1 Å². The number of nitrogens with zero attached hydrogens (tertiary/aromatic N) is 3. The molecule has 0 spiro atoms. The largest absolute Gasteiger partial charge is 0.476 e. The maximum atomic E-state index is 13.3. The molecule has 174 valence electrons. The minimum Gasteiger partial charge on any atom is -0.476 e. The number of hydrogen-bond acceptors (Lipinski definition) is 10. The van der Waals surface area contributed by atoms with Gasteiger partial charge in [-0.25, -0.2) is 24.5 Å². The second kappa shape index (κ2) is 8.72. The first kappa shape index (κ1) is 21.8. The van der Waals surface area contributed by atoms with Gasteiger partial charge < -0.3 is 25.2 Å². The van der Waals surface area contributed by atoms with Crippen molar-refractivity contribution in [3.8, 4) is 11.5 Å². The van der Waals surface area contributed by atoms with E-state index in [0.29, 0.717) is 22.8 Å². The van der Waals surface area contributed by atoms with Crippen molar-refractivity contribution in [2.24, 2.45) is 0 Å². The molecule has 0 aliphatic carbocycles. The predicted octanol–water partition coefficient (Wildman–Crippen LogP) is 1.87. The molecule has 4 heterocycles. The van der Waals surface area contributed by atoms with Crippen LogP contribution in [0.1, 0.15) is 27.8 Å². The monoisotopic (exact) mass is 501 g/mol. The Morgan fingerprint density at radius 3 is 2.82 bits per heavy atom. The molecule has 4 amide bonds. The van der Waals surface area contributed by atoms with E-state index in [1.807, 2.05) is 0 Å². The first-order chi connectivity index (χ1) is 16.4. The number of nitrogens with one attached hydrogen (secondary N) is 2. The number of hydrogen-bond donors (Lipinski definition) is 3. The van der Waals surface area contributed by atoms with Crippen LogP contribution in [0.2, 0.25) is 0 Å². The van der Waals surface area contributed by atoms with Gasteiger partial charge in [0.05, 0.1) is 11.2 Å². The van der Waals surface area contributed by atoms with E-state index in [4.69, 9.17) is 14.6 Å². The highest BCUT2D eigenvalue weighted by Crippen LogP contribution is 2.36. The lowest BCUT2D eigenvalue weighted by atomic mass is 10.0. The normalized spacial score (nSPS) is 17.5. The van der Waals surface area contributed by atoms with Crippen LogP contribution in [-0.4, -0.2) is 56.6 Å². The van der Waals surface area contributed by atoms with Gasteiger partial charge in [0.25, 0.3) is 5.91 Å². The molecule has 2 aliphatic heterocycles. The molecule has 0 bridgehead atoms. The van der Waals surface area contributed by atoms with E-state index >= 15 is 0 Å². The minimum atomic E-state index is -1.24. The number of amides is 4. The van der Waals surface area contributed by atoms with Crippen molar-refractivity contribution < 1.29 is 33.8 Å². The highest BCUT2D eigenvalue weighted by molar-refractivity contribution is 7.14. The first-order valence-corrected chi connectivity index (χ1v) is 11.6. The number of aromatic nitrogens is 2.